The van der Waals surface area contributed by atoms with Crippen LogP contribution in [0.15, 0.2) is 33.9 Å². The molecule has 0 bridgehead atoms. The molecule has 0 radical (unpaired) electrons. The van der Waals surface area contributed by atoms with E-state index < -0.39 is 35.4 Å². The maximum absolute atomic E-state index is 14.6. The Hall–Kier alpha value is -2.07. The Morgan fingerprint density at radius 3 is 2.86 bits per heavy atom. The average molecular weight is 415 g/mol. The van der Waals surface area contributed by atoms with Crippen molar-refractivity contribution in [1.29, 1.82) is 0 Å². The van der Waals surface area contributed by atoms with Crippen LogP contribution in [-0.2, 0) is 10.3 Å². The Labute approximate surface area is 162 Å². The molecule has 2 aliphatic heterocycles. The molecule has 2 saturated heterocycles. The molecule has 2 aromatic rings. The lowest BCUT2D eigenvalue weighted by atomic mass is 9.74. The number of halogens is 4. The molecule has 0 amide bonds. The topological polar surface area (TPSA) is 59.7 Å². The number of aromatic nitrogens is 1. The normalized spacial score (nSPS) is 29.0. The van der Waals surface area contributed by atoms with Gasteiger partial charge in [0.2, 0.25) is 5.89 Å². The Bertz CT molecular complexity index is 907. The summed E-state index contributed by atoms with van der Waals surface area (Å²) >= 11 is 1.47. The number of ether oxygens (including phenoxy) is 1. The first-order chi connectivity index (χ1) is 13.4. The highest BCUT2D eigenvalue weighted by atomic mass is 32.2. The fourth-order valence-corrected chi connectivity index (χ4v) is 4.85. The van der Waals surface area contributed by atoms with Gasteiger partial charge in [-0.05, 0) is 12.5 Å². The van der Waals surface area contributed by atoms with Crippen LogP contribution in [0.4, 0.5) is 17.6 Å². The minimum Gasteiger partial charge on any atom is -0.446 e. The van der Waals surface area contributed by atoms with Crippen molar-refractivity contribution in [3.8, 4) is 0 Å². The minimum atomic E-state index is -2.73. The number of rotatable bonds is 3. The molecule has 1 aromatic heterocycles. The van der Waals surface area contributed by atoms with Gasteiger partial charge in [-0.1, -0.05) is 17.8 Å². The Morgan fingerprint density at radius 2 is 2.18 bits per heavy atom. The third-order valence-corrected chi connectivity index (χ3v) is 6.24. The molecule has 5 nitrogen and oxygen atoms in total. The number of hydrogen-bond acceptors (Lipinski definition) is 5. The van der Waals surface area contributed by atoms with Gasteiger partial charge in [0.15, 0.2) is 5.17 Å². The van der Waals surface area contributed by atoms with Gasteiger partial charge >= 0.3 is 0 Å². The van der Waals surface area contributed by atoms with E-state index in [4.69, 9.17) is 9.15 Å². The molecule has 3 heterocycles. The zero-order valence-corrected chi connectivity index (χ0v) is 15.6. The van der Waals surface area contributed by atoms with Gasteiger partial charge < -0.3 is 14.5 Å². The van der Waals surface area contributed by atoms with Crippen LogP contribution in [0.2, 0.25) is 0 Å². The van der Waals surface area contributed by atoms with Crippen molar-refractivity contribution in [1.82, 2.24) is 10.3 Å². The van der Waals surface area contributed by atoms with E-state index in [0.29, 0.717) is 17.3 Å². The predicted octanol–water partition coefficient (Wildman–Crippen LogP) is 4.19. The summed E-state index contributed by atoms with van der Waals surface area (Å²) in [6.07, 6.45) is -2.07. The van der Waals surface area contributed by atoms with Crippen LogP contribution in [-0.4, -0.2) is 29.6 Å². The Kier molecular flexibility index (Phi) is 5.09. The number of fused-ring (bicyclic) bond motifs is 1. The van der Waals surface area contributed by atoms with Crippen molar-refractivity contribution in [3.63, 3.8) is 0 Å². The molecule has 0 saturated carbocycles. The molecular weight excluding hydrogens is 398 g/mol. The molecule has 0 aliphatic carbocycles. The summed E-state index contributed by atoms with van der Waals surface area (Å²) < 4.78 is 64.7. The molecule has 2 aliphatic rings. The highest BCUT2D eigenvalue weighted by Crippen LogP contribution is 2.47. The van der Waals surface area contributed by atoms with Crippen LogP contribution in [0.1, 0.15) is 36.1 Å². The fourth-order valence-electron chi connectivity index (χ4n) is 3.69. The van der Waals surface area contributed by atoms with Gasteiger partial charge in [0.25, 0.3) is 6.43 Å². The smallest absolute Gasteiger partial charge is 0.283 e. The molecule has 28 heavy (non-hydrogen) atoms. The summed E-state index contributed by atoms with van der Waals surface area (Å²) in [5.74, 6) is -0.832. The monoisotopic (exact) mass is 415 g/mol. The van der Waals surface area contributed by atoms with E-state index >= 15 is 0 Å². The van der Waals surface area contributed by atoms with Gasteiger partial charge in [-0.15, -0.1) is 0 Å². The number of hydrogen-bond donors (Lipinski definition) is 1. The number of oxazole rings is 1. The van der Waals surface area contributed by atoms with E-state index in [1.165, 1.54) is 23.9 Å². The number of thioether (sulfide) groups is 1. The third kappa shape index (κ3) is 3.28. The molecular formula is C18H17F4N3O2S. The van der Waals surface area contributed by atoms with E-state index in [-0.39, 0.29) is 24.0 Å². The van der Waals surface area contributed by atoms with E-state index in [9.17, 15) is 17.6 Å². The van der Waals surface area contributed by atoms with Gasteiger partial charge in [0, 0.05) is 30.3 Å². The van der Waals surface area contributed by atoms with Gasteiger partial charge in [-0.2, -0.15) is 0 Å². The minimum absolute atomic E-state index is 0.0247. The molecule has 1 N–H and O–H groups in total. The second kappa shape index (κ2) is 7.40. The van der Waals surface area contributed by atoms with Crippen molar-refractivity contribution in [2.45, 2.75) is 24.5 Å². The van der Waals surface area contributed by atoms with Crippen molar-refractivity contribution in [3.05, 3.63) is 53.2 Å². The van der Waals surface area contributed by atoms with Crippen LogP contribution in [0.5, 0.6) is 0 Å². The zero-order valence-electron chi connectivity index (χ0n) is 14.8. The summed E-state index contributed by atoms with van der Waals surface area (Å²) in [4.78, 5) is 7.97. The Morgan fingerprint density at radius 1 is 1.36 bits per heavy atom. The second-order valence-electron chi connectivity index (χ2n) is 6.70. The largest absolute Gasteiger partial charge is 0.446 e. The van der Waals surface area contributed by atoms with E-state index in [2.05, 4.69) is 15.3 Å². The molecule has 150 valence electrons. The number of amidine groups is 1. The number of alkyl halides is 2. The van der Waals surface area contributed by atoms with E-state index in [0.717, 1.165) is 12.3 Å². The summed E-state index contributed by atoms with van der Waals surface area (Å²) in [6, 6.07) is 3.44. The van der Waals surface area contributed by atoms with Crippen molar-refractivity contribution >= 4 is 16.9 Å². The molecule has 0 spiro atoms. The summed E-state index contributed by atoms with van der Waals surface area (Å²) in [5.41, 5.74) is -1.12. The highest BCUT2D eigenvalue weighted by Gasteiger charge is 2.51. The maximum Gasteiger partial charge on any atom is 0.283 e. The first-order valence-corrected chi connectivity index (χ1v) is 9.60. The van der Waals surface area contributed by atoms with Crippen molar-refractivity contribution < 1.29 is 26.7 Å². The first kappa shape index (κ1) is 19.3. The van der Waals surface area contributed by atoms with Crippen molar-refractivity contribution in [2.24, 2.45) is 10.9 Å². The van der Waals surface area contributed by atoms with Crippen LogP contribution in [0.3, 0.4) is 0 Å². The Balaban J connectivity index is 1.67. The maximum atomic E-state index is 14.6. The third-order valence-electron chi connectivity index (χ3n) is 5.11. The molecule has 1 aromatic carbocycles. The van der Waals surface area contributed by atoms with Gasteiger partial charge in [-0.25, -0.2) is 22.5 Å². The predicted molar refractivity (Wildman–Crippen MR) is 95.2 cm³/mol. The van der Waals surface area contributed by atoms with E-state index in [1.54, 1.807) is 7.05 Å². The standard InChI is InChI=1S/C18H17F4N3O2S/c1-23-17-25-18(11-3-2-10(19)5-12(11)20)8-27-14(4-9(18)7-28-17)16-24-13(6-26-16)15(21)22/h2-3,5-6,9,14-15H,4,7-8H2,1H3,(H,23,25)/t9-,14+,18-/m0/s1. The number of aliphatic imine (C=N–C) groups is 1. The van der Waals surface area contributed by atoms with Crippen molar-refractivity contribution in [2.75, 3.05) is 19.4 Å². The summed E-state index contributed by atoms with van der Waals surface area (Å²) in [5, 5.41) is 3.87. The quantitative estimate of drug-likeness (QED) is 0.762. The molecule has 4 rings (SSSR count). The fraction of sp³-hybridized carbons (Fsp3) is 0.444. The first-order valence-electron chi connectivity index (χ1n) is 8.61. The van der Waals surface area contributed by atoms with Crippen LogP contribution in [0, 0.1) is 17.6 Å². The van der Waals surface area contributed by atoms with E-state index in [1.807, 2.05) is 0 Å². The summed E-state index contributed by atoms with van der Waals surface area (Å²) in [7, 11) is 1.62. The highest BCUT2D eigenvalue weighted by molar-refractivity contribution is 8.13. The summed E-state index contributed by atoms with van der Waals surface area (Å²) in [6.45, 7) is 0.0247. The second-order valence-corrected chi connectivity index (χ2v) is 7.71. The van der Waals surface area contributed by atoms with Gasteiger partial charge in [-0.3, -0.25) is 4.99 Å². The number of nitrogens with zero attached hydrogens (tertiary/aromatic N) is 2. The SMILES string of the molecule is CN=C1N[C@@]2(c3ccc(F)cc3F)CO[C@@H](c3nc(C(F)F)co3)C[C@H]2CS1. The average Bonchev–Trinajstić information content (AvgIpc) is 3.17. The van der Waals surface area contributed by atoms with Gasteiger partial charge in [0.05, 0.1) is 12.1 Å². The van der Waals surface area contributed by atoms with Gasteiger partial charge in [0.1, 0.15) is 29.7 Å². The number of benzene rings is 1. The molecule has 3 atom stereocenters. The lowest BCUT2D eigenvalue weighted by Gasteiger charge is -2.49. The lowest BCUT2D eigenvalue weighted by molar-refractivity contribution is -0.0779. The molecule has 0 unspecified atom stereocenters. The van der Waals surface area contributed by atoms with Crippen LogP contribution < -0.4 is 5.32 Å². The van der Waals surface area contributed by atoms with Crippen LogP contribution >= 0.6 is 11.8 Å². The zero-order chi connectivity index (χ0) is 19.9. The molecule has 10 heteroatoms. The van der Waals surface area contributed by atoms with Crippen LogP contribution in [0.25, 0.3) is 0 Å². The molecule has 2 fully saturated rings. The lowest BCUT2D eigenvalue weighted by Crippen LogP contribution is -2.60. The number of nitrogens with one attached hydrogen (secondary N) is 1.